The molecule has 0 radical (unpaired) electrons. The number of hydrogen-bond acceptors (Lipinski definition) is 3. The molecule has 3 rings (SSSR count). The number of imidazole rings is 1. The van der Waals surface area contributed by atoms with Gasteiger partial charge in [-0.1, -0.05) is 24.3 Å². The maximum absolute atomic E-state index is 5.10. The fourth-order valence-electron chi connectivity index (χ4n) is 2.47. The minimum Gasteiger partial charge on any atom is -0.384 e. The highest BCUT2D eigenvalue weighted by Crippen LogP contribution is 2.20. The topological polar surface area (TPSA) is 39.4 Å². The first-order valence-corrected chi connectivity index (χ1v) is 7.09. The van der Waals surface area contributed by atoms with Crippen molar-refractivity contribution in [1.29, 1.82) is 0 Å². The molecule has 2 aromatic heterocycles. The number of rotatable bonds is 4. The van der Waals surface area contributed by atoms with E-state index in [-0.39, 0.29) is 0 Å². The van der Waals surface area contributed by atoms with Crippen molar-refractivity contribution in [3.05, 3.63) is 53.5 Å². The molecule has 3 aromatic rings. The summed E-state index contributed by atoms with van der Waals surface area (Å²) < 4.78 is 7.13. The third-order valence-electron chi connectivity index (χ3n) is 3.61. The van der Waals surface area contributed by atoms with Crippen LogP contribution >= 0.6 is 0 Å². The molecule has 0 aliphatic rings. The third-order valence-corrected chi connectivity index (χ3v) is 3.61. The van der Waals surface area contributed by atoms with Crippen LogP contribution in [0.1, 0.15) is 17.0 Å². The van der Waals surface area contributed by atoms with Gasteiger partial charge in [0.2, 0.25) is 5.78 Å². The van der Waals surface area contributed by atoms with E-state index in [1.807, 2.05) is 17.5 Å². The van der Waals surface area contributed by atoms with Gasteiger partial charge < -0.3 is 4.74 Å². The van der Waals surface area contributed by atoms with Gasteiger partial charge >= 0.3 is 0 Å². The Morgan fingerprint density at radius 2 is 1.86 bits per heavy atom. The van der Waals surface area contributed by atoms with Crippen LogP contribution in [0.15, 0.2) is 36.5 Å². The lowest BCUT2D eigenvalue weighted by Crippen LogP contribution is -1.94. The fraction of sp³-hybridized carbons (Fsp3) is 0.294. The predicted molar refractivity (Wildman–Crippen MR) is 83.5 cm³/mol. The van der Waals surface area contributed by atoms with E-state index in [9.17, 15) is 0 Å². The second-order valence-corrected chi connectivity index (χ2v) is 5.27. The monoisotopic (exact) mass is 281 g/mol. The SMILES string of the molecule is COCCc1ccc(-c2cn3c(C)cc(C)nc3n2)cc1. The summed E-state index contributed by atoms with van der Waals surface area (Å²) >= 11 is 0. The molecule has 4 heteroatoms. The summed E-state index contributed by atoms with van der Waals surface area (Å²) in [6.45, 7) is 4.81. The zero-order valence-corrected chi connectivity index (χ0v) is 12.6. The van der Waals surface area contributed by atoms with Crippen molar-refractivity contribution in [1.82, 2.24) is 14.4 Å². The summed E-state index contributed by atoms with van der Waals surface area (Å²) in [5.41, 5.74) is 5.47. The summed E-state index contributed by atoms with van der Waals surface area (Å²) in [6, 6.07) is 10.5. The lowest BCUT2D eigenvalue weighted by molar-refractivity contribution is 0.202. The minimum absolute atomic E-state index is 0.746. The molecule has 0 amide bonds. The van der Waals surface area contributed by atoms with Crippen LogP contribution < -0.4 is 0 Å². The zero-order chi connectivity index (χ0) is 14.8. The first-order valence-electron chi connectivity index (χ1n) is 7.09. The number of benzene rings is 1. The van der Waals surface area contributed by atoms with Crippen molar-refractivity contribution < 1.29 is 4.74 Å². The van der Waals surface area contributed by atoms with E-state index in [4.69, 9.17) is 4.74 Å². The Hall–Kier alpha value is -2.20. The lowest BCUT2D eigenvalue weighted by Gasteiger charge is -2.01. The average Bonchev–Trinajstić information content (AvgIpc) is 2.90. The van der Waals surface area contributed by atoms with Crippen LogP contribution in [-0.2, 0) is 11.2 Å². The van der Waals surface area contributed by atoms with Crippen LogP contribution in [0.5, 0.6) is 0 Å². The van der Waals surface area contributed by atoms with Gasteiger partial charge in [-0.05, 0) is 31.9 Å². The number of nitrogens with zero attached hydrogens (tertiary/aromatic N) is 3. The van der Waals surface area contributed by atoms with E-state index in [0.717, 1.165) is 41.5 Å². The van der Waals surface area contributed by atoms with Gasteiger partial charge in [-0.25, -0.2) is 9.97 Å². The lowest BCUT2D eigenvalue weighted by atomic mass is 10.1. The van der Waals surface area contributed by atoms with Gasteiger partial charge in [0.05, 0.1) is 12.3 Å². The Morgan fingerprint density at radius 3 is 2.57 bits per heavy atom. The van der Waals surface area contributed by atoms with Crippen molar-refractivity contribution >= 4 is 5.78 Å². The molecule has 2 heterocycles. The summed E-state index contributed by atoms with van der Waals surface area (Å²) in [4.78, 5) is 9.10. The van der Waals surface area contributed by atoms with Gasteiger partial charge in [-0.3, -0.25) is 4.40 Å². The van der Waals surface area contributed by atoms with Crippen molar-refractivity contribution in [2.24, 2.45) is 0 Å². The average molecular weight is 281 g/mol. The van der Waals surface area contributed by atoms with E-state index in [2.05, 4.69) is 47.2 Å². The molecule has 0 aliphatic heterocycles. The summed E-state index contributed by atoms with van der Waals surface area (Å²) in [5, 5.41) is 0. The fourth-order valence-corrected chi connectivity index (χ4v) is 2.47. The van der Waals surface area contributed by atoms with E-state index in [1.165, 1.54) is 5.56 Å². The number of aryl methyl sites for hydroxylation is 2. The molecule has 108 valence electrons. The maximum atomic E-state index is 5.10. The normalized spacial score (nSPS) is 11.2. The molecular weight excluding hydrogens is 262 g/mol. The van der Waals surface area contributed by atoms with E-state index in [1.54, 1.807) is 7.11 Å². The highest BCUT2D eigenvalue weighted by molar-refractivity contribution is 5.62. The summed E-state index contributed by atoms with van der Waals surface area (Å²) in [5.74, 6) is 0.756. The van der Waals surface area contributed by atoms with Crippen LogP contribution in [0.25, 0.3) is 17.0 Å². The first-order chi connectivity index (χ1) is 10.2. The van der Waals surface area contributed by atoms with E-state index in [0.29, 0.717) is 0 Å². The van der Waals surface area contributed by atoms with E-state index >= 15 is 0 Å². The van der Waals surface area contributed by atoms with Crippen LogP contribution in [0.4, 0.5) is 0 Å². The van der Waals surface area contributed by atoms with Gasteiger partial charge in [-0.2, -0.15) is 0 Å². The number of fused-ring (bicyclic) bond motifs is 1. The zero-order valence-electron chi connectivity index (χ0n) is 12.6. The molecule has 21 heavy (non-hydrogen) atoms. The molecule has 0 saturated carbocycles. The Bertz CT molecular complexity index is 760. The van der Waals surface area contributed by atoms with Crippen molar-refractivity contribution in [2.75, 3.05) is 13.7 Å². The first kappa shape index (κ1) is 13.8. The van der Waals surface area contributed by atoms with Gasteiger partial charge in [-0.15, -0.1) is 0 Å². The molecule has 0 atom stereocenters. The molecule has 0 N–H and O–H groups in total. The quantitative estimate of drug-likeness (QED) is 0.737. The third kappa shape index (κ3) is 2.81. The smallest absolute Gasteiger partial charge is 0.234 e. The highest BCUT2D eigenvalue weighted by atomic mass is 16.5. The highest BCUT2D eigenvalue weighted by Gasteiger charge is 2.07. The molecule has 0 unspecified atom stereocenters. The Balaban J connectivity index is 1.95. The molecule has 0 bridgehead atoms. The molecule has 0 spiro atoms. The predicted octanol–water partition coefficient (Wildman–Crippen LogP) is 3.20. The Kier molecular flexibility index (Phi) is 3.71. The van der Waals surface area contributed by atoms with Gasteiger partial charge in [0.15, 0.2) is 0 Å². The Labute approximate surface area is 124 Å². The van der Waals surface area contributed by atoms with Gasteiger partial charge in [0.25, 0.3) is 0 Å². The molecule has 0 saturated heterocycles. The van der Waals surface area contributed by atoms with Crippen molar-refractivity contribution in [3.63, 3.8) is 0 Å². The standard InChI is InChI=1S/C17H19N3O/c1-12-10-13(2)20-11-16(19-17(20)18-12)15-6-4-14(5-7-15)8-9-21-3/h4-7,10-11H,8-9H2,1-3H3. The molecule has 0 fully saturated rings. The molecule has 0 aliphatic carbocycles. The molecule has 1 aromatic carbocycles. The van der Waals surface area contributed by atoms with Crippen LogP contribution in [-0.4, -0.2) is 28.1 Å². The number of methoxy groups -OCH3 is 1. The molecule has 4 nitrogen and oxygen atoms in total. The molecular formula is C17H19N3O. The maximum Gasteiger partial charge on any atom is 0.234 e. The van der Waals surface area contributed by atoms with Crippen molar-refractivity contribution in [3.8, 4) is 11.3 Å². The number of hydrogen-bond donors (Lipinski definition) is 0. The van der Waals surface area contributed by atoms with Crippen LogP contribution in [0.3, 0.4) is 0 Å². The minimum atomic E-state index is 0.746. The summed E-state index contributed by atoms with van der Waals surface area (Å²) in [6.07, 6.45) is 2.98. The largest absolute Gasteiger partial charge is 0.384 e. The Morgan fingerprint density at radius 1 is 1.10 bits per heavy atom. The number of ether oxygens (including phenoxy) is 1. The second-order valence-electron chi connectivity index (χ2n) is 5.27. The van der Waals surface area contributed by atoms with Crippen molar-refractivity contribution in [2.45, 2.75) is 20.3 Å². The van der Waals surface area contributed by atoms with Gasteiger partial charge in [0, 0.05) is 30.3 Å². The number of aromatic nitrogens is 3. The van der Waals surface area contributed by atoms with Crippen LogP contribution in [0.2, 0.25) is 0 Å². The van der Waals surface area contributed by atoms with Crippen LogP contribution in [0, 0.1) is 13.8 Å². The van der Waals surface area contributed by atoms with Gasteiger partial charge in [0.1, 0.15) is 0 Å². The van der Waals surface area contributed by atoms with E-state index < -0.39 is 0 Å². The summed E-state index contributed by atoms with van der Waals surface area (Å²) in [7, 11) is 1.72. The second kappa shape index (κ2) is 5.66.